The van der Waals surface area contributed by atoms with E-state index in [2.05, 4.69) is 0 Å². The highest BCUT2D eigenvalue weighted by Crippen LogP contribution is 2.08. The van der Waals surface area contributed by atoms with Crippen molar-refractivity contribution in [1.29, 1.82) is 0 Å². The summed E-state index contributed by atoms with van der Waals surface area (Å²) in [6.07, 6.45) is 2.93. The Labute approximate surface area is 106 Å². The first-order valence-corrected chi connectivity index (χ1v) is 5.62. The number of aryl methyl sites for hydroxylation is 1. The van der Waals surface area contributed by atoms with Crippen molar-refractivity contribution in [2.75, 3.05) is 13.6 Å². The van der Waals surface area contributed by atoms with Crippen LogP contribution in [-0.2, 0) is 9.59 Å². The number of carbonyl (C=O) groups excluding carboxylic acids is 1. The fraction of sp³-hybridized carbons (Fsp3) is 0.385. The van der Waals surface area contributed by atoms with Crippen molar-refractivity contribution in [1.82, 2.24) is 4.90 Å². The summed E-state index contributed by atoms with van der Waals surface area (Å²) in [4.78, 5) is 23.7. The van der Waals surface area contributed by atoms with E-state index in [0.717, 1.165) is 5.76 Å². The Morgan fingerprint density at radius 2 is 2.17 bits per heavy atom. The Hall–Kier alpha value is -2.04. The van der Waals surface area contributed by atoms with Gasteiger partial charge < -0.3 is 14.4 Å². The minimum atomic E-state index is -0.916. The second-order valence-electron chi connectivity index (χ2n) is 4.24. The molecule has 0 aliphatic carbocycles. The molecule has 98 valence electrons. The number of carboxylic acids is 1. The van der Waals surface area contributed by atoms with E-state index < -0.39 is 11.9 Å². The number of carboxylic acid groups (broad SMARTS) is 1. The van der Waals surface area contributed by atoms with Crippen LogP contribution >= 0.6 is 0 Å². The number of hydrogen-bond donors (Lipinski definition) is 1. The zero-order valence-corrected chi connectivity index (χ0v) is 10.7. The van der Waals surface area contributed by atoms with Crippen LogP contribution in [0.2, 0.25) is 0 Å². The standard InChI is InChI=1S/C13H17NO4/c1-9(13(16)17)8-14(3)12(15)7-6-11-5-4-10(2)18-11/h4-7,9H,8H2,1-3H3,(H,16,17). The van der Waals surface area contributed by atoms with Crippen LogP contribution < -0.4 is 0 Å². The highest BCUT2D eigenvalue weighted by Gasteiger charge is 2.15. The zero-order chi connectivity index (χ0) is 13.7. The molecule has 1 rings (SSSR count). The molecule has 0 radical (unpaired) electrons. The summed E-state index contributed by atoms with van der Waals surface area (Å²) in [5.74, 6) is -0.383. The number of carbonyl (C=O) groups is 2. The van der Waals surface area contributed by atoms with Crippen molar-refractivity contribution in [3.8, 4) is 0 Å². The maximum atomic E-state index is 11.7. The normalized spacial score (nSPS) is 12.6. The molecule has 0 spiro atoms. The highest BCUT2D eigenvalue weighted by atomic mass is 16.4. The van der Waals surface area contributed by atoms with E-state index in [1.165, 1.54) is 11.0 Å². The molecule has 5 heteroatoms. The molecule has 0 fully saturated rings. The summed E-state index contributed by atoms with van der Waals surface area (Å²) in [5.41, 5.74) is 0. The SMILES string of the molecule is Cc1ccc(C=CC(=O)N(C)CC(C)C(=O)O)o1. The zero-order valence-electron chi connectivity index (χ0n) is 10.7. The predicted molar refractivity (Wildman–Crippen MR) is 66.9 cm³/mol. The number of likely N-dealkylation sites (N-methyl/N-ethyl adjacent to an activating group) is 1. The molecule has 1 amide bonds. The molecule has 1 aromatic rings. The topological polar surface area (TPSA) is 70.8 Å². The molecule has 1 N–H and O–H groups in total. The van der Waals surface area contributed by atoms with E-state index in [-0.39, 0.29) is 12.5 Å². The summed E-state index contributed by atoms with van der Waals surface area (Å²) in [5, 5.41) is 8.75. The van der Waals surface area contributed by atoms with E-state index >= 15 is 0 Å². The van der Waals surface area contributed by atoms with Crippen molar-refractivity contribution in [2.24, 2.45) is 5.92 Å². The molecule has 0 bridgehead atoms. The lowest BCUT2D eigenvalue weighted by Gasteiger charge is -2.17. The van der Waals surface area contributed by atoms with Crippen LogP contribution in [0.1, 0.15) is 18.4 Å². The van der Waals surface area contributed by atoms with Gasteiger partial charge in [0.05, 0.1) is 5.92 Å². The van der Waals surface area contributed by atoms with Gasteiger partial charge in [0.15, 0.2) is 0 Å². The molecular formula is C13H17NO4. The molecule has 1 heterocycles. The van der Waals surface area contributed by atoms with Gasteiger partial charge in [-0.15, -0.1) is 0 Å². The van der Waals surface area contributed by atoms with Crippen LogP contribution in [0.4, 0.5) is 0 Å². The predicted octanol–water partition coefficient (Wildman–Crippen LogP) is 1.78. The second-order valence-corrected chi connectivity index (χ2v) is 4.24. The van der Waals surface area contributed by atoms with Crippen molar-refractivity contribution in [3.05, 3.63) is 29.7 Å². The Morgan fingerprint density at radius 3 is 2.67 bits per heavy atom. The fourth-order valence-corrected chi connectivity index (χ4v) is 1.40. The van der Waals surface area contributed by atoms with Crippen LogP contribution in [0.15, 0.2) is 22.6 Å². The second kappa shape index (κ2) is 6.05. The first kappa shape index (κ1) is 14.0. The van der Waals surface area contributed by atoms with E-state index in [1.54, 1.807) is 32.2 Å². The molecule has 0 aliphatic heterocycles. The van der Waals surface area contributed by atoms with Crippen LogP contribution in [-0.4, -0.2) is 35.5 Å². The Bertz CT molecular complexity index is 461. The highest BCUT2D eigenvalue weighted by molar-refractivity contribution is 5.91. The lowest BCUT2D eigenvalue weighted by atomic mass is 10.2. The summed E-state index contributed by atoms with van der Waals surface area (Å²) >= 11 is 0. The van der Waals surface area contributed by atoms with E-state index in [4.69, 9.17) is 9.52 Å². The Kier molecular flexibility index (Phi) is 4.71. The third kappa shape index (κ3) is 4.08. The maximum Gasteiger partial charge on any atom is 0.308 e. The molecular weight excluding hydrogens is 234 g/mol. The number of aliphatic carboxylic acids is 1. The Balaban J connectivity index is 2.54. The number of furan rings is 1. The van der Waals surface area contributed by atoms with Crippen molar-refractivity contribution in [2.45, 2.75) is 13.8 Å². The largest absolute Gasteiger partial charge is 0.481 e. The van der Waals surface area contributed by atoms with Gasteiger partial charge in [0.25, 0.3) is 0 Å². The molecule has 1 aromatic heterocycles. The molecule has 0 aliphatic rings. The minimum Gasteiger partial charge on any atom is -0.481 e. The van der Waals surface area contributed by atoms with E-state index in [1.807, 2.05) is 6.92 Å². The fourth-order valence-electron chi connectivity index (χ4n) is 1.40. The van der Waals surface area contributed by atoms with E-state index in [9.17, 15) is 9.59 Å². The molecule has 1 unspecified atom stereocenters. The first-order valence-electron chi connectivity index (χ1n) is 5.62. The quantitative estimate of drug-likeness (QED) is 0.810. The Morgan fingerprint density at radius 1 is 1.50 bits per heavy atom. The summed E-state index contributed by atoms with van der Waals surface area (Å²) in [7, 11) is 1.57. The lowest BCUT2D eigenvalue weighted by molar-refractivity contribution is -0.142. The van der Waals surface area contributed by atoms with Gasteiger partial charge in [-0.05, 0) is 25.1 Å². The average Bonchev–Trinajstić information content (AvgIpc) is 2.71. The molecule has 0 saturated heterocycles. The summed E-state index contributed by atoms with van der Waals surface area (Å²) in [6, 6.07) is 3.57. The van der Waals surface area contributed by atoms with Crippen molar-refractivity contribution >= 4 is 18.0 Å². The molecule has 1 atom stereocenters. The average molecular weight is 251 g/mol. The molecule has 18 heavy (non-hydrogen) atoms. The number of amides is 1. The monoisotopic (exact) mass is 251 g/mol. The minimum absolute atomic E-state index is 0.176. The smallest absolute Gasteiger partial charge is 0.308 e. The van der Waals surface area contributed by atoms with Gasteiger partial charge >= 0.3 is 5.97 Å². The third-order valence-corrected chi connectivity index (χ3v) is 2.50. The maximum absolute atomic E-state index is 11.7. The summed E-state index contributed by atoms with van der Waals surface area (Å²) < 4.78 is 5.28. The number of rotatable bonds is 5. The van der Waals surface area contributed by atoms with Crippen molar-refractivity contribution in [3.63, 3.8) is 0 Å². The summed E-state index contributed by atoms with van der Waals surface area (Å²) in [6.45, 7) is 3.56. The third-order valence-electron chi connectivity index (χ3n) is 2.50. The van der Waals surface area contributed by atoms with Gasteiger partial charge in [-0.1, -0.05) is 6.92 Å². The van der Waals surface area contributed by atoms with Gasteiger partial charge in [0.2, 0.25) is 5.91 Å². The van der Waals surface area contributed by atoms with Gasteiger partial charge in [0, 0.05) is 19.7 Å². The van der Waals surface area contributed by atoms with Crippen LogP contribution in [0, 0.1) is 12.8 Å². The van der Waals surface area contributed by atoms with E-state index in [0.29, 0.717) is 5.76 Å². The number of nitrogens with zero attached hydrogens (tertiary/aromatic N) is 1. The first-order chi connectivity index (χ1) is 8.40. The van der Waals surface area contributed by atoms with Crippen LogP contribution in [0.3, 0.4) is 0 Å². The van der Waals surface area contributed by atoms with Crippen molar-refractivity contribution < 1.29 is 19.1 Å². The van der Waals surface area contributed by atoms with Gasteiger partial charge in [-0.3, -0.25) is 9.59 Å². The van der Waals surface area contributed by atoms with Crippen LogP contribution in [0.5, 0.6) is 0 Å². The van der Waals surface area contributed by atoms with Gasteiger partial charge in [-0.25, -0.2) is 0 Å². The van der Waals surface area contributed by atoms with Gasteiger partial charge in [-0.2, -0.15) is 0 Å². The molecule has 5 nitrogen and oxygen atoms in total. The number of hydrogen-bond acceptors (Lipinski definition) is 3. The molecule has 0 aromatic carbocycles. The lowest BCUT2D eigenvalue weighted by Crippen LogP contribution is -2.32. The van der Waals surface area contributed by atoms with Crippen LogP contribution in [0.25, 0.3) is 6.08 Å². The van der Waals surface area contributed by atoms with Gasteiger partial charge in [0.1, 0.15) is 11.5 Å². The molecule has 0 saturated carbocycles.